The summed E-state index contributed by atoms with van der Waals surface area (Å²) in [5.41, 5.74) is 4.14. The standard InChI is InChI=1S/C23H20N2O2S.CO2/c1-4-18-10-12-19(13-11-18)14-15-21-22(16(2)25-28-21)24-23(26)27-17(3)20-8-6-5-7-9-20;2-1-3/h4-13,17H,1H2,2-3H3,(H,24,26);. The number of carbonyl (C=O) groups excluding carboxylic acids is 3. The lowest BCUT2D eigenvalue weighted by molar-refractivity contribution is -0.191. The van der Waals surface area contributed by atoms with Gasteiger partial charge in [-0.2, -0.15) is 14.0 Å². The van der Waals surface area contributed by atoms with Gasteiger partial charge >= 0.3 is 12.2 Å². The maximum atomic E-state index is 12.3. The van der Waals surface area contributed by atoms with Crippen molar-refractivity contribution in [1.29, 1.82) is 0 Å². The minimum atomic E-state index is -0.530. The number of anilines is 1. The van der Waals surface area contributed by atoms with Crippen LogP contribution in [0, 0.1) is 18.8 Å². The summed E-state index contributed by atoms with van der Waals surface area (Å²) in [6.07, 6.45) is 1.15. The van der Waals surface area contributed by atoms with E-state index >= 15 is 0 Å². The third-order valence-electron chi connectivity index (χ3n) is 4.11. The second-order valence-electron chi connectivity index (χ2n) is 6.21. The number of aromatic nitrogens is 1. The van der Waals surface area contributed by atoms with Crippen molar-refractivity contribution >= 4 is 35.5 Å². The van der Waals surface area contributed by atoms with Crippen LogP contribution in [0.5, 0.6) is 0 Å². The van der Waals surface area contributed by atoms with Gasteiger partial charge in [0.05, 0.1) is 11.4 Å². The Morgan fingerprint density at radius 2 is 1.77 bits per heavy atom. The van der Waals surface area contributed by atoms with Crippen molar-refractivity contribution in [3.8, 4) is 11.8 Å². The number of amides is 1. The molecule has 3 aromatic rings. The van der Waals surface area contributed by atoms with Crippen LogP contribution in [0.25, 0.3) is 6.08 Å². The molecule has 3 rings (SSSR count). The maximum Gasteiger partial charge on any atom is 0.412 e. The molecular weight excluding hydrogens is 412 g/mol. The first-order valence-electron chi connectivity index (χ1n) is 9.21. The van der Waals surface area contributed by atoms with Gasteiger partial charge in [-0.15, -0.1) is 0 Å². The van der Waals surface area contributed by atoms with E-state index in [0.717, 1.165) is 16.7 Å². The zero-order valence-electron chi connectivity index (χ0n) is 17.0. The lowest BCUT2D eigenvalue weighted by Crippen LogP contribution is -2.16. The van der Waals surface area contributed by atoms with Crippen LogP contribution < -0.4 is 5.32 Å². The molecule has 2 aromatic carbocycles. The van der Waals surface area contributed by atoms with Gasteiger partial charge in [0.2, 0.25) is 0 Å². The summed E-state index contributed by atoms with van der Waals surface area (Å²) in [6.45, 7) is 7.41. The number of hydrogen-bond acceptors (Lipinski definition) is 6. The fourth-order valence-corrected chi connectivity index (χ4v) is 3.22. The fourth-order valence-electron chi connectivity index (χ4n) is 2.52. The molecule has 0 saturated heterocycles. The zero-order valence-corrected chi connectivity index (χ0v) is 17.9. The second-order valence-corrected chi connectivity index (χ2v) is 6.99. The van der Waals surface area contributed by atoms with Crippen LogP contribution in [0.15, 0.2) is 61.2 Å². The van der Waals surface area contributed by atoms with E-state index in [4.69, 9.17) is 14.3 Å². The molecule has 0 aliphatic heterocycles. The minimum absolute atomic E-state index is 0.250. The van der Waals surface area contributed by atoms with E-state index < -0.39 is 6.09 Å². The molecule has 6 nitrogen and oxygen atoms in total. The molecule has 0 radical (unpaired) electrons. The Bertz CT molecular complexity index is 1120. The van der Waals surface area contributed by atoms with Crippen LogP contribution in [0.1, 0.15) is 40.3 Å². The first kappa shape index (κ1) is 23.3. The van der Waals surface area contributed by atoms with Crippen LogP contribution in [0.3, 0.4) is 0 Å². The summed E-state index contributed by atoms with van der Waals surface area (Å²) >= 11 is 1.25. The van der Waals surface area contributed by atoms with Gasteiger partial charge < -0.3 is 4.74 Å². The first-order chi connectivity index (χ1) is 15.0. The van der Waals surface area contributed by atoms with Gasteiger partial charge in [-0.25, -0.2) is 4.79 Å². The number of nitrogens with zero attached hydrogens (tertiary/aromatic N) is 1. The van der Waals surface area contributed by atoms with Gasteiger partial charge in [-0.1, -0.05) is 61.0 Å². The van der Waals surface area contributed by atoms with Crippen LogP contribution in [-0.4, -0.2) is 16.6 Å². The Labute approximate surface area is 184 Å². The van der Waals surface area contributed by atoms with Crippen molar-refractivity contribution in [1.82, 2.24) is 4.37 Å². The topological polar surface area (TPSA) is 85.4 Å². The molecule has 31 heavy (non-hydrogen) atoms. The molecule has 0 bridgehead atoms. The molecule has 1 aromatic heterocycles. The van der Waals surface area contributed by atoms with Gasteiger partial charge in [0.15, 0.2) is 0 Å². The van der Waals surface area contributed by atoms with Gasteiger partial charge in [0, 0.05) is 5.56 Å². The zero-order chi connectivity index (χ0) is 22.6. The molecule has 1 N–H and O–H groups in total. The van der Waals surface area contributed by atoms with Crippen molar-refractivity contribution in [2.45, 2.75) is 20.0 Å². The number of ether oxygens (including phenoxy) is 1. The van der Waals surface area contributed by atoms with E-state index in [9.17, 15) is 4.79 Å². The van der Waals surface area contributed by atoms with Gasteiger partial charge in [-0.05, 0) is 54.6 Å². The van der Waals surface area contributed by atoms with Crippen LogP contribution >= 0.6 is 11.5 Å². The second kappa shape index (κ2) is 11.9. The summed E-state index contributed by atoms with van der Waals surface area (Å²) in [5.74, 6) is 6.19. The Morgan fingerprint density at radius 1 is 1.13 bits per heavy atom. The summed E-state index contributed by atoms with van der Waals surface area (Å²) in [6, 6.07) is 17.4. The van der Waals surface area contributed by atoms with E-state index in [1.54, 1.807) is 6.08 Å². The van der Waals surface area contributed by atoms with Gasteiger partial charge in [0.25, 0.3) is 0 Å². The smallest absolute Gasteiger partial charge is 0.412 e. The molecule has 7 heteroatoms. The number of hydrogen-bond donors (Lipinski definition) is 1. The van der Waals surface area contributed by atoms with E-state index in [1.165, 1.54) is 11.5 Å². The van der Waals surface area contributed by atoms with E-state index in [0.29, 0.717) is 16.3 Å². The third kappa shape index (κ3) is 7.09. The molecule has 156 valence electrons. The largest absolute Gasteiger partial charge is 0.441 e. The predicted octanol–water partition coefficient (Wildman–Crippen LogP) is 5.22. The highest BCUT2D eigenvalue weighted by Gasteiger charge is 2.16. The molecule has 0 fully saturated rings. The highest BCUT2D eigenvalue weighted by molar-refractivity contribution is 7.07. The van der Waals surface area contributed by atoms with Crippen molar-refractivity contribution in [2.24, 2.45) is 0 Å². The van der Waals surface area contributed by atoms with Crippen LogP contribution in [0.2, 0.25) is 0 Å². The summed E-state index contributed by atoms with van der Waals surface area (Å²) in [5, 5.41) is 2.78. The van der Waals surface area contributed by atoms with Gasteiger partial charge in [-0.3, -0.25) is 5.32 Å². The van der Waals surface area contributed by atoms with Crippen molar-refractivity contribution in [3.63, 3.8) is 0 Å². The Balaban J connectivity index is 0.00000107. The number of rotatable bonds is 4. The molecule has 0 aliphatic rings. The molecule has 1 unspecified atom stereocenters. The number of nitrogens with one attached hydrogen (secondary N) is 1. The normalized spacial score (nSPS) is 10.3. The van der Waals surface area contributed by atoms with Crippen molar-refractivity contribution in [2.75, 3.05) is 5.32 Å². The summed E-state index contributed by atoms with van der Waals surface area (Å²) in [4.78, 5) is 29.3. The quantitative estimate of drug-likeness (QED) is 0.571. The molecule has 1 amide bonds. The average Bonchev–Trinajstić information content (AvgIpc) is 3.13. The van der Waals surface area contributed by atoms with E-state index in [-0.39, 0.29) is 12.3 Å². The molecule has 0 saturated carbocycles. The minimum Gasteiger partial charge on any atom is -0.441 e. The summed E-state index contributed by atoms with van der Waals surface area (Å²) in [7, 11) is 0. The molecule has 0 spiro atoms. The highest BCUT2D eigenvalue weighted by Crippen LogP contribution is 2.25. The fraction of sp³-hybridized carbons (Fsp3) is 0.125. The van der Waals surface area contributed by atoms with E-state index in [1.807, 2.05) is 68.4 Å². The number of aryl methyl sites for hydroxylation is 1. The first-order valence-corrected chi connectivity index (χ1v) is 9.98. The van der Waals surface area contributed by atoms with E-state index in [2.05, 4.69) is 28.1 Å². The molecule has 1 atom stereocenters. The Kier molecular flexibility index (Phi) is 8.93. The highest BCUT2D eigenvalue weighted by atomic mass is 32.1. The average molecular weight is 433 g/mol. The van der Waals surface area contributed by atoms with Crippen molar-refractivity contribution in [3.05, 3.63) is 88.4 Å². The SMILES string of the molecule is C=Cc1ccc(C#Cc2snc(C)c2NC(=O)OC(C)c2ccccc2)cc1.O=C=O. The Morgan fingerprint density at radius 3 is 2.39 bits per heavy atom. The van der Waals surface area contributed by atoms with Gasteiger partial charge in [0.1, 0.15) is 11.0 Å². The monoisotopic (exact) mass is 432 g/mol. The lowest BCUT2D eigenvalue weighted by atomic mass is 10.1. The molecule has 0 aliphatic carbocycles. The summed E-state index contributed by atoms with van der Waals surface area (Å²) < 4.78 is 9.78. The molecular formula is C24H20N2O4S. The number of carbonyl (C=O) groups is 1. The van der Waals surface area contributed by atoms with Crippen LogP contribution in [0.4, 0.5) is 10.5 Å². The maximum absolute atomic E-state index is 12.3. The Hall–Kier alpha value is -3.98. The number of benzene rings is 2. The van der Waals surface area contributed by atoms with Crippen molar-refractivity contribution < 1.29 is 19.1 Å². The predicted molar refractivity (Wildman–Crippen MR) is 119 cm³/mol. The lowest BCUT2D eigenvalue weighted by Gasteiger charge is -2.14. The third-order valence-corrected chi connectivity index (χ3v) is 4.96. The molecule has 1 heterocycles. The van der Waals surface area contributed by atoms with Crippen LogP contribution in [-0.2, 0) is 14.3 Å².